The van der Waals surface area contributed by atoms with Crippen LogP contribution in [0.5, 0.6) is 0 Å². The van der Waals surface area contributed by atoms with Crippen molar-refractivity contribution in [2.45, 2.75) is 51.4 Å². The quantitative estimate of drug-likeness (QED) is 0.208. The molecule has 9 nitrogen and oxygen atoms in total. The number of aryl methyl sites for hydroxylation is 3. The molecular formula is C35H38BrClN6O3. The topological polar surface area (TPSA) is 83.8 Å². The number of halogens is 2. The number of ether oxygens (including phenoxy) is 1. The maximum Gasteiger partial charge on any atom is 0.410 e. The van der Waals surface area contributed by atoms with Crippen molar-refractivity contribution in [3.05, 3.63) is 117 Å². The lowest BCUT2D eigenvalue weighted by Crippen LogP contribution is -2.61. The van der Waals surface area contributed by atoms with Crippen molar-refractivity contribution in [1.82, 2.24) is 29.2 Å². The molecule has 0 bridgehead atoms. The van der Waals surface area contributed by atoms with Crippen LogP contribution in [0.4, 0.5) is 4.79 Å². The Morgan fingerprint density at radius 1 is 1.09 bits per heavy atom. The van der Waals surface area contributed by atoms with Crippen LogP contribution < -0.4 is 0 Å². The zero-order valence-corrected chi connectivity index (χ0v) is 28.2. The number of nitrogens with zero attached hydrogens (tertiary/aromatic N) is 6. The zero-order chi connectivity index (χ0) is 32.0. The Morgan fingerprint density at radius 2 is 1.91 bits per heavy atom. The van der Waals surface area contributed by atoms with E-state index >= 15 is 0 Å². The number of fused-ring (bicyclic) bond motifs is 2. The first-order valence-electron chi connectivity index (χ1n) is 15.8. The monoisotopic (exact) mass is 704 g/mol. The predicted molar refractivity (Wildman–Crippen MR) is 180 cm³/mol. The third-order valence-corrected chi connectivity index (χ3v) is 9.45. The van der Waals surface area contributed by atoms with Gasteiger partial charge in [0.2, 0.25) is 5.91 Å². The second kappa shape index (κ2) is 14.8. The molecule has 46 heavy (non-hydrogen) atoms. The number of imidazole rings is 1. The summed E-state index contributed by atoms with van der Waals surface area (Å²) in [6, 6.07) is 17.3. The summed E-state index contributed by atoms with van der Waals surface area (Å²) in [5, 5.41) is 0.699. The number of carbonyl (C=O) groups excluding carboxylic acids is 2. The Kier molecular flexibility index (Phi) is 10.4. The minimum Gasteiger partial charge on any atom is -0.450 e. The Hall–Kier alpha value is -3.73. The van der Waals surface area contributed by atoms with Crippen LogP contribution in [0, 0.1) is 0 Å². The number of carbonyl (C=O) groups is 2. The predicted octanol–water partition coefficient (Wildman–Crippen LogP) is 6.14. The molecule has 1 fully saturated rings. The molecule has 0 N–H and O–H groups in total. The van der Waals surface area contributed by atoms with Crippen LogP contribution in [0.25, 0.3) is 0 Å². The lowest BCUT2D eigenvalue weighted by Gasteiger charge is -2.44. The van der Waals surface area contributed by atoms with E-state index in [4.69, 9.17) is 21.3 Å². The number of hydrogen-bond donors (Lipinski definition) is 0. The van der Waals surface area contributed by atoms with Crippen molar-refractivity contribution >= 4 is 39.5 Å². The number of aromatic nitrogens is 3. The maximum atomic E-state index is 14.7. The summed E-state index contributed by atoms with van der Waals surface area (Å²) < 4.78 is 8.43. The van der Waals surface area contributed by atoms with E-state index in [0.29, 0.717) is 37.7 Å². The molecule has 0 saturated carbocycles. The maximum absolute atomic E-state index is 14.7. The van der Waals surface area contributed by atoms with E-state index in [1.54, 1.807) is 24.3 Å². The molecule has 2 aromatic heterocycles. The number of benzene rings is 2. The van der Waals surface area contributed by atoms with Gasteiger partial charge >= 0.3 is 6.09 Å². The van der Waals surface area contributed by atoms with Gasteiger partial charge in [-0.2, -0.15) is 0 Å². The van der Waals surface area contributed by atoms with Gasteiger partial charge in [0.25, 0.3) is 0 Å². The highest BCUT2D eigenvalue weighted by atomic mass is 79.9. The van der Waals surface area contributed by atoms with Gasteiger partial charge in [0, 0.05) is 67.4 Å². The molecule has 2 amide bonds. The SMILES string of the molecule is CCOC(=O)N1CCN([C@H]2c3ccc(Cl)cc3CCc3cc(Br)cnc32)CC1C(=O)N(CCCn1ccnc1)Cc1ccccc1. The molecule has 1 aliphatic carbocycles. The van der Waals surface area contributed by atoms with Crippen molar-refractivity contribution in [1.29, 1.82) is 0 Å². The fourth-order valence-electron chi connectivity index (χ4n) is 6.60. The van der Waals surface area contributed by atoms with Gasteiger partial charge < -0.3 is 14.2 Å². The smallest absolute Gasteiger partial charge is 0.410 e. The largest absolute Gasteiger partial charge is 0.450 e. The Morgan fingerprint density at radius 3 is 2.70 bits per heavy atom. The Labute approximate surface area is 283 Å². The van der Waals surface area contributed by atoms with Crippen molar-refractivity contribution in [2.75, 3.05) is 32.8 Å². The third kappa shape index (κ3) is 7.29. The fraction of sp³-hybridized carbons (Fsp3) is 0.371. The minimum absolute atomic E-state index is 0.0961. The van der Waals surface area contributed by atoms with Gasteiger partial charge in [0.15, 0.2) is 0 Å². The second-order valence-electron chi connectivity index (χ2n) is 11.7. The molecule has 2 aromatic carbocycles. The number of rotatable bonds is 9. The molecule has 0 spiro atoms. The van der Waals surface area contributed by atoms with E-state index < -0.39 is 12.1 Å². The molecule has 6 rings (SSSR count). The Balaban J connectivity index is 1.34. The summed E-state index contributed by atoms with van der Waals surface area (Å²) in [4.78, 5) is 42.9. The first-order chi connectivity index (χ1) is 22.4. The summed E-state index contributed by atoms with van der Waals surface area (Å²) >= 11 is 10.1. The highest BCUT2D eigenvalue weighted by Crippen LogP contribution is 2.38. The first-order valence-corrected chi connectivity index (χ1v) is 17.0. The average molecular weight is 706 g/mol. The third-order valence-electron chi connectivity index (χ3n) is 8.79. The molecule has 1 saturated heterocycles. The van der Waals surface area contributed by atoms with E-state index in [-0.39, 0.29) is 18.6 Å². The van der Waals surface area contributed by atoms with Gasteiger partial charge in [-0.05, 0) is 82.6 Å². The van der Waals surface area contributed by atoms with Gasteiger partial charge in [-0.25, -0.2) is 9.78 Å². The zero-order valence-electron chi connectivity index (χ0n) is 25.9. The van der Waals surface area contributed by atoms with Crippen LogP contribution in [0.2, 0.25) is 5.02 Å². The van der Waals surface area contributed by atoms with E-state index in [1.165, 1.54) is 5.56 Å². The fourth-order valence-corrected chi connectivity index (χ4v) is 7.18. The van der Waals surface area contributed by atoms with E-state index in [0.717, 1.165) is 52.7 Å². The molecule has 0 radical (unpaired) electrons. The molecular weight excluding hydrogens is 668 g/mol. The molecule has 1 aliphatic heterocycles. The minimum atomic E-state index is -0.734. The van der Waals surface area contributed by atoms with Crippen LogP contribution in [-0.4, -0.2) is 80.1 Å². The average Bonchev–Trinajstić information content (AvgIpc) is 3.53. The standard InChI is InChI=1S/C35H38BrClN6O3/c1-2-46-35(45)43-18-17-41(33-30-12-11-29(37)20-26(30)9-10-27-19-28(36)21-39-32(27)33)23-31(43)34(44)42(22-25-7-4-3-5-8-25)15-6-14-40-16-13-38-24-40/h3-5,7-8,11-13,16,19-21,24,31,33H,2,6,9-10,14-15,17-18,22-23H2,1H3/t31?,33-/m0/s1. The summed E-state index contributed by atoms with van der Waals surface area (Å²) in [5.74, 6) is -0.0961. The van der Waals surface area contributed by atoms with Gasteiger partial charge in [-0.15, -0.1) is 0 Å². The van der Waals surface area contributed by atoms with Gasteiger partial charge in [0.05, 0.1) is 24.7 Å². The van der Waals surface area contributed by atoms with Crippen molar-refractivity contribution in [2.24, 2.45) is 0 Å². The highest BCUT2D eigenvalue weighted by molar-refractivity contribution is 9.10. The highest BCUT2D eigenvalue weighted by Gasteiger charge is 2.42. The number of hydrogen-bond acceptors (Lipinski definition) is 6. The number of piperazine rings is 1. The number of pyridine rings is 1. The van der Waals surface area contributed by atoms with Crippen LogP contribution in [0.15, 0.2) is 84.0 Å². The van der Waals surface area contributed by atoms with E-state index in [1.807, 2.05) is 64.3 Å². The normalized spacial score (nSPS) is 17.9. The van der Waals surface area contributed by atoms with Crippen molar-refractivity contribution in [3.63, 3.8) is 0 Å². The van der Waals surface area contributed by atoms with Crippen LogP contribution in [-0.2, 0) is 35.5 Å². The van der Waals surface area contributed by atoms with Gasteiger partial charge in [-0.1, -0.05) is 48.0 Å². The molecule has 11 heteroatoms. The van der Waals surface area contributed by atoms with Crippen LogP contribution in [0.1, 0.15) is 47.3 Å². The summed E-state index contributed by atoms with van der Waals surface area (Å²) in [7, 11) is 0. The molecule has 1 unspecified atom stereocenters. The van der Waals surface area contributed by atoms with Gasteiger partial charge in [0.1, 0.15) is 6.04 Å². The number of amides is 2. The molecule has 240 valence electrons. The molecule has 4 aromatic rings. The molecule has 3 heterocycles. The van der Waals surface area contributed by atoms with Crippen molar-refractivity contribution in [3.8, 4) is 0 Å². The second-order valence-corrected chi connectivity index (χ2v) is 13.1. The first kappa shape index (κ1) is 32.2. The lowest BCUT2D eigenvalue weighted by atomic mass is 9.95. The van der Waals surface area contributed by atoms with Gasteiger partial charge in [-0.3, -0.25) is 19.6 Å². The molecule has 2 atom stereocenters. The molecule has 2 aliphatic rings. The van der Waals surface area contributed by atoms with E-state index in [9.17, 15) is 9.59 Å². The van der Waals surface area contributed by atoms with E-state index in [2.05, 4.69) is 37.9 Å². The van der Waals surface area contributed by atoms with Crippen LogP contribution in [0.3, 0.4) is 0 Å². The summed E-state index contributed by atoms with van der Waals surface area (Å²) in [6.07, 6.45) is 9.25. The van der Waals surface area contributed by atoms with Crippen LogP contribution >= 0.6 is 27.5 Å². The summed E-state index contributed by atoms with van der Waals surface area (Å²) in [5.41, 5.74) is 5.48. The lowest BCUT2D eigenvalue weighted by molar-refractivity contribution is -0.140. The summed E-state index contributed by atoms with van der Waals surface area (Å²) in [6.45, 7) is 4.99. The van der Waals surface area contributed by atoms with Crippen molar-refractivity contribution < 1.29 is 14.3 Å². The Bertz CT molecular complexity index is 1600.